The van der Waals surface area contributed by atoms with E-state index in [1.54, 1.807) is 0 Å². The lowest BCUT2D eigenvalue weighted by Crippen LogP contribution is -2.45. The zero-order chi connectivity index (χ0) is 25.7. The molecule has 6 rings (SSSR count). The number of benzene rings is 2. The third-order valence-electron chi connectivity index (χ3n) is 8.18. The Labute approximate surface area is 215 Å². The van der Waals surface area contributed by atoms with E-state index in [1.807, 2.05) is 29.1 Å². The lowest BCUT2D eigenvalue weighted by molar-refractivity contribution is 0.0968. The molecule has 1 amide bonds. The Balaban J connectivity index is 1.50. The molecule has 37 heavy (non-hydrogen) atoms. The fourth-order valence-corrected chi connectivity index (χ4v) is 6.48. The fraction of sp³-hybridized carbons (Fsp3) is 0.310. The molecule has 2 aromatic heterocycles. The summed E-state index contributed by atoms with van der Waals surface area (Å²) in [5, 5.41) is 23.9. The van der Waals surface area contributed by atoms with Crippen LogP contribution in [0.2, 0.25) is 0 Å². The molecule has 3 atom stereocenters. The molecule has 2 heterocycles. The highest BCUT2D eigenvalue weighted by Crippen LogP contribution is 2.54. The Morgan fingerprint density at radius 2 is 1.89 bits per heavy atom. The standard InChI is InChI=1S/C29H29N5O3/c1-17-24-14-13-23-25(28(35)31-18(2)33-36)32-34(27(23)29(24,3)15-21-16-30-37-26(17)21)22-11-9-20(10-12-22)19-7-5-4-6-8-19/h4-12,16-17,24,36H,13-15H2,1-3H3,(H,31,33,35)/t17-,24-,29-/m1/s1. The molecule has 2 aromatic carbocycles. The van der Waals surface area contributed by atoms with E-state index in [4.69, 9.17) is 14.8 Å². The lowest BCUT2D eigenvalue weighted by Gasteiger charge is -2.47. The van der Waals surface area contributed by atoms with E-state index in [2.05, 4.69) is 65.9 Å². The van der Waals surface area contributed by atoms with E-state index in [0.717, 1.165) is 58.7 Å². The first kappa shape index (κ1) is 23.2. The van der Waals surface area contributed by atoms with E-state index in [9.17, 15) is 4.79 Å². The average molecular weight is 496 g/mol. The van der Waals surface area contributed by atoms with Gasteiger partial charge in [-0.15, -0.1) is 0 Å². The summed E-state index contributed by atoms with van der Waals surface area (Å²) in [6.45, 7) is 6.03. The smallest absolute Gasteiger partial charge is 0.277 e. The largest absolute Gasteiger partial charge is 0.409 e. The molecule has 0 fully saturated rings. The number of hydrogen-bond donors (Lipinski definition) is 2. The molecule has 2 aliphatic rings. The summed E-state index contributed by atoms with van der Waals surface area (Å²) in [5.41, 5.74) is 6.36. The highest BCUT2D eigenvalue weighted by molar-refractivity contribution is 6.05. The van der Waals surface area contributed by atoms with E-state index in [-0.39, 0.29) is 23.1 Å². The van der Waals surface area contributed by atoms with Crippen LogP contribution in [0.4, 0.5) is 0 Å². The summed E-state index contributed by atoms with van der Waals surface area (Å²) < 4.78 is 7.59. The van der Waals surface area contributed by atoms with Crippen LogP contribution in [0, 0.1) is 5.92 Å². The summed E-state index contributed by atoms with van der Waals surface area (Å²) in [6.07, 6.45) is 4.23. The molecule has 188 valence electrons. The molecule has 2 aliphatic carbocycles. The first-order chi connectivity index (χ1) is 17.9. The molecule has 0 aliphatic heterocycles. The van der Waals surface area contributed by atoms with Crippen molar-refractivity contribution < 1.29 is 14.5 Å². The normalized spacial score (nSPS) is 22.6. The lowest BCUT2D eigenvalue weighted by atomic mass is 9.56. The minimum absolute atomic E-state index is 0.126. The number of amidine groups is 1. The number of aromatic nitrogens is 3. The van der Waals surface area contributed by atoms with Crippen LogP contribution in [-0.2, 0) is 18.3 Å². The minimum Gasteiger partial charge on any atom is -0.409 e. The molecule has 0 bridgehead atoms. The molecular formula is C29H29N5O3. The number of oxime groups is 1. The Morgan fingerprint density at radius 3 is 2.62 bits per heavy atom. The number of nitrogens with zero attached hydrogens (tertiary/aromatic N) is 4. The van der Waals surface area contributed by atoms with Gasteiger partial charge in [-0.2, -0.15) is 5.10 Å². The van der Waals surface area contributed by atoms with Crippen molar-refractivity contribution in [1.29, 1.82) is 0 Å². The maximum atomic E-state index is 13.3. The van der Waals surface area contributed by atoms with E-state index in [1.165, 1.54) is 6.92 Å². The van der Waals surface area contributed by atoms with Crippen LogP contribution in [0.15, 0.2) is 70.5 Å². The molecule has 0 radical (unpaired) electrons. The van der Waals surface area contributed by atoms with Crippen molar-refractivity contribution in [3.8, 4) is 16.8 Å². The SMILES string of the molecule is C/C(=N\O)NC(=O)c1nn(-c2ccc(-c3ccccc3)cc2)c2c1CC[C@@H]1[C@@H](C)c3oncc3C[C@@]21C. The fourth-order valence-electron chi connectivity index (χ4n) is 6.48. The maximum Gasteiger partial charge on any atom is 0.277 e. The van der Waals surface area contributed by atoms with Crippen molar-refractivity contribution in [2.75, 3.05) is 0 Å². The van der Waals surface area contributed by atoms with Crippen molar-refractivity contribution in [2.45, 2.75) is 51.4 Å². The number of amides is 1. The monoisotopic (exact) mass is 495 g/mol. The first-order valence-electron chi connectivity index (χ1n) is 12.6. The van der Waals surface area contributed by atoms with Gasteiger partial charge in [-0.05, 0) is 55.4 Å². The second-order valence-corrected chi connectivity index (χ2v) is 10.4. The van der Waals surface area contributed by atoms with Gasteiger partial charge >= 0.3 is 0 Å². The topological polar surface area (TPSA) is 106 Å². The molecule has 0 spiro atoms. The second kappa shape index (κ2) is 8.73. The third-order valence-corrected chi connectivity index (χ3v) is 8.18. The van der Waals surface area contributed by atoms with Crippen LogP contribution >= 0.6 is 0 Å². The van der Waals surface area contributed by atoms with Gasteiger partial charge < -0.3 is 15.0 Å². The molecule has 4 aromatic rings. The Hall–Kier alpha value is -4.20. The summed E-state index contributed by atoms with van der Waals surface area (Å²) >= 11 is 0. The predicted octanol–water partition coefficient (Wildman–Crippen LogP) is 5.24. The van der Waals surface area contributed by atoms with E-state index < -0.39 is 0 Å². The van der Waals surface area contributed by atoms with Crippen molar-refractivity contribution in [3.05, 3.63) is 89.1 Å². The van der Waals surface area contributed by atoms with Crippen LogP contribution in [0.5, 0.6) is 0 Å². The number of carbonyl (C=O) groups excluding carboxylic acids is 1. The predicted molar refractivity (Wildman–Crippen MR) is 139 cm³/mol. The van der Waals surface area contributed by atoms with Crippen molar-refractivity contribution >= 4 is 11.7 Å². The van der Waals surface area contributed by atoms with Crippen molar-refractivity contribution in [3.63, 3.8) is 0 Å². The van der Waals surface area contributed by atoms with Gasteiger partial charge in [0.05, 0.1) is 17.6 Å². The van der Waals surface area contributed by atoms with Crippen LogP contribution < -0.4 is 5.32 Å². The van der Waals surface area contributed by atoms with Crippen LogP contribution in [0.1, 0.15) is 66.2 Å². The second-order valence-electron chi connectivity index (χ2n) is 10.4. The maximum absolute atomic E-state index is 13.3. The zero-order valence-corrected chi connectivity index (χ0v) is 21.1. The summed E-state index contributed by atoms with van der Waals surface area (Å²) in [4.78, 5) is 13.3. The number of fused-ring (bicyclic) bond motifs is 4. The van der Waals surface area contributed by atoms with Gasteiger partial charge in [0.15, 0.2) is 5.69 Å². The first-order valence-corrected chi connectivity index (χ1v) is 12.6. The third kappa shape index (κ3) is 3.66. The van der Waals surface area contributed by atoms with Crippen molar-refractivity contribution in [1.82, 2.24) is 20.3 Å². The molecule has 0 saturated carbocycles. The summed E-state index contributed by atoms with van der Waals surface area (Å²) in [7, 11) is 0. The van der Waals surface area contributed by atoms with E-state index >= 15 is 0 Å². The van der Waals surface area contributed by atoms with Gasteiger partial charge in [0.25, 0.3) is 5.91 Å². The number of nitrogens with one attached hydrogen (secondary N) is 1. The quantitative estimate of drug-likeness (QED) is 0.175. The molecule has 0 unspecified atom stereocenters. The van der Waals surface area contributed by atoms with Crippen LogP contribution in [0.25, 0.3) is 16.8 Å². The molecule has 8 nitrogen and oxygen atoms in total. The van der Waals surface area contributed by atoms with Crippen molar-refractivity contribution in [2.24, 2.45) is 11.1 Å². The molecule has 0 saturated heterocycles. The Kier molecular flexibility index (Phi) is 5.47. The van der Waals surface area contributed by atoms with Gasteiger partial charge in [0, 0.05) is 22.5 Å². The molecular weight excluding hydrogens is 466 g/mol. The molecule has 2 N–H and O–H groups in total. The van der Waals surface area contributed by atoms with Gasteiger partial charge in [0.2, 0.25) is 0 Å². The van der Waals surface area contributed by atoms with Gasteiger partial charge in [-0.1, -0.05) is 66.6 Å². The number of hydrogen-bond acceptors (Lipinski definition) is 6. The average Bonchev–Trinajstić information content (AvgIpc) is 3.54. The number of carbonyl (C=O) groups is 1. The van der Waals surface area contributed by atoms with Crippen LogP contribution in [0.3, 0.4) is 0 Å². The molecule has 8 heteroatoms. The highest BCUT2D eigenvalue weighted by atomic mass is 16.5. The van der Waals surface area contributed by atoms with E-state index in [0.29, 0.717) is 11.6 Å². The summed E-state index contributed by atoms with van der Waals surface area (Å²) in [5.74, 6) is 1.24. The summed E-state index contributed by atoms with van der Waals surface area (Å²) in [6, 6.07) is 18.5. The van der Waals surface area contributed by atoms with Gasteiger partial charge in [-0.3, -0.25) is 4.79 Å². The van der Waals surface area contributed by atoms with Gasteiger partial charge in [-0.25, -0.2) is 4.68 Å². The van der Waals surface area contributed by atoms with Crippen LogP contribution in [-0.4, -0.2) is 31.9 Å². The van der Waals surface area contributed by atoms with Gasteiger partial charge in [0.1, 0.15) is 11.6 Å². The highest BCUT2D eigenvalue weighted by Gasteiger charge is 2.52. The Morgan fingerprint density at radius 1 is 1.16 bits per heavy atom. The minimum atomic E-state index is -0.372. The zero-order valence-electron chi connectivity index (χ0n) is 21.1. The Bertz CT molecular complexity index is 1500. The number of rotatable bonds is 3.